The number of nitrogens with two attached hydrogens (primary N) is 1. The topological polar surface area (TPSA) is 125 Å². The van der Waals surface area contributed by atoms with E-state index in [2.05, 4.69) is 5.32 Å². The summed E-state index contributed by atoms with van der Waals surface area (Å²) >= 11 is 0. The molecule has 0 bridgehead atoms. The van der Waals surface area contributed by atoms with E-state index >= 15 is 0 Å². The Balaban J connectivity index is 2.15. The van der Waals surface area contributed by atoms with E-state index in [4.69, 9.17) is 10.9 Å². The van der Waals surface area contributed by atoms with Crippen molar-refractivity contribution in [1.82, 2.24) is 10.8 Å². The minimum atomic E-state index is -1.25. The van der Waals surface area contributed by atoms with Crippen LogP contribution < -0.4 is 16.5 Å². The molecule has 0 radical (unpaired) electrons. The Morgan fingerprint density at radius 2 is 1.75 bits per heavy atom. The van der Waals surface area contributed by atoms with Crippen molar-refractivity contribution in [3.63, 3.8) is 0 Å². The maximum Gasteiger partial charge on any atom is 0.268 e. The van der Waals surface area contributed by atoms with Gasteiger partial charge in [0.05, 0.1) is 6.10 Å². The van der Waals surface area contributed by atoms with Crippen molar-refractivity contribution in [3.8, 4) is 11.1 Å². The minimum absolute atomic E-state index is 0.319. The number of carbonyl (C=O) groups is 2. The number of nitrogens with one attached hydrogen (secondary N) is 2. The number of hydrogen-bond donors (Lipinski definition) is 5. The third-order valence-electron chi connectivity index (χ3n) is 3.53. The molecule has 0 aliphatic rings. The van der Waals surface area contributed by atoms with Crippen LogP contribution in [0.25, 0.3) is 11.1 Å². The molecule has 2 aromatic carbocycles. The van der Waals surface area contributed by atoms with Gasteiger partial charge >= 0.3 is 0 Å². The zero-order valence-electron chi connectivity index (χ0n) is 13.1. The molecule has 0 aromatic heterocycles. The van der Waals surface area contributed by atoms with Gasteiger partial charge < -0.3 is 16.2 Å². The highest BCUT2D eigenvalue weighted by atomic mass is 16.5. The molecule has 0 saturated heterocycles. The Labute approximate surface area is 139 Å². The van der Waals surface area contributed by atoms with Crippen molar-refractivity contribution in [2.24, 2.45) is 0 Å². The first-order valence-electron chi connectivity index (χ1n) is 7.31. The van der Waals surface area contributed by atoms with Crippen molar-refractivity contribution < 1.29 is 19.9 Å². The zero-order chi connectivity index (χ0) is 17.7. The van der Waals surface area contributed by atoms with E-state index < -0.39 is 24.0 Å². The molecule has 2 amide bonds. The van der Waals surface area contributed by atoms with Gasteiger partial charge in [-0.2, -0.15) is 0 Å². The number of benzene rings is 2. The normalized spacial score (nSPS) is 13.0. The molecule has 0 fully saturated rings. The fourth-order valence-corrected chi connectivity index (χ4v) is 2.23. The molecule has 0 spiro atoms. The van der Waals surface area contributed by atoms with E-state index in [1.807, 2.05) is 18.2 Å². The molecule has 2 aromatic rings. The van der Waals surface area contributed by atoms with Gasteiger partial charge in [0, 0.05) is 11.3 Å². The summed E-state index contributed by atoms with van der Waals surface area (Å²) in [5.74, 6) is -1.43. The second kappa shape index (κ2) is 7.58. The predicted molar refractivity (Wildman–Crippen MR) is 89.2 cm³/mol. The smallest absolute Gasteiger partial charge is 0.268 e. The number of anilines is 1. The Bertz CT molecular complexity index is 729. The molecule has 2 rings (SSSR count). The fraction of sp³-hybridized carbons (Fsp3) is 0.176. The van der Waals surface area contributed by atoms with E-state index in [1.165, 1.54) is 12.4 Å². The van der Waals surface area contributed by atoms with Crippen LogP contribution in [0.4, 0.5) is 5.69 Å². The maximum absolute atomic E-state index is 12.2. The van der Waals surface area contributed by atoms with Crippen LogP contribution in [-0.4, -0.2) is 34.3 Å². The van der Waals surface area contributed by atoms with Crippen LogP contribution in [0.3, 0.4) is 0 Å². The zero-order valence-corrected chi connectivity index (χ0v) is 13.1. The van der Waals surface area contributed by atoms with E-state index in [0.29, 0.717) is 11.3 Å². The first-order valence-corrected chi connectivity index (χ1v) is 7.31. The number of nitrogen functional groups attached to an aromatic ring is 1. The van der Waals surface area contributed by atoms with Gasteiger partial charge in [0.25, 0.3) is 11.8 Å². The molecule has 0 aliphatic heterocycles. The SMILES string of the molecule is C[C@@H](O)[C@H](NC(=O)c1ccc(-c2cccc(N)c2)cc1)C(=O)NO. The Hall–Kier alpha value is -2.90. The molecule has 0 unspecified atom stereocenters. The molecule has 6 N–H and O–H groups in total. The van der Waals surface area contributed by atoms with Crippen LogP contribution in [0.15, 0.2) is 48.5 Å². The second-order valence-corrected chi connectivity index (χ2v) is 5.37. The number of hydrogen-bond acceptors (Lipinski definition) is 5. The van der Waals surface area contributed by atoms with Crippen molar-refractivity contribution in [3.05, 3.63) is 54.1 Å². The number of aliphatic hydroxyl groups is 1. The lowest BCUT2D eigenvalue weighted by Gasteiger charge is -2.19. The summed E-state index contributed by atoms with van der Waals surface area (Å²) < 4.78 is 0. The van der Waals surface area contributed by atoms with E-state index in [0.717, 1.165) is 11.1 Å². The predicted octanol–water partition coefficient (Wildman–Crippen LogP) is 0.920. The lowest BCUT2D eigenvalue weighted by Crippen LogP contribution is -2.51. The average Bonchev–Trinajstić information content (AvgIpc) is 2.58. The Morgan fingerprint density at radius 1 is 1.08 bits per heavy atom. The van der Waals surface area contributed by atoms with E-state index in [9.17, 15) is 14.7 Å². The third kappa shape index (κ3) is 4.09. The number of amides is 2. The summed E-state index contributed by atoms with van der Waals surface area (Å²) in [5.41, 5.74) is 9.94. The number of aliphatic hydroxyl groups excluding tert-OH is 1. The summed E-state index contributed by atoms with van der Waals surface area (Å²) in [6.07, 6.45) is -1.16. The molecule has 0 saturated carbocycles. The molecular formula is C17H19N3O4. The first kappa shape index (κ1) is 17.5. The highest BCUT2D eigenvalue weighted by molar-refractivity contribution is 5.98. The van der Waals surface area contributed by atoms with Crippen molar-refractivity contribution >= 4 is 17.5 Å². The van der Waals surface area contributed by atoms with Crippen LogP contribution in [0.2, 0.25) is 0 Å². The molecule has 0 aliphatic carbocycles. The lowest BCUT2D eigenvalue weighted by molar-refractivity contribution is -0.133. The molecular weight excluding hydrogens is 310 g/mol. The summed E-state index contributed by atoms with van der Waals surface area (Å²) in [6, 6.07) is 12.8. The summed E-state index contributed by atoms with van der Waals surface area (Å²) in [4.78, 5) is 23.6. The first-order chi connectivity index (χ1) is 11.4. The summed E-state index contributed by atoms with van der Waals surface area (Å²) in [7, 11) is 0. The van der Waals surface area contributed by atoms with Gasteiger partial charge in [-0.05, 0) is 42.3 Å². The van der Waals surface area contributed by atoms with Gasteiger partial charge in [0.15, 0.2) is 0 Å². The van der Waals surface area contributed by atoms with Crippen molar-refractivity contribution in [2.45, 2.75) is 19.1 Å². The number of rotatable bonds is 5. The Morgan fingerprint density at radius 3 is 2.29 bits per heavy atom. The molecule has 126 valence electrons. The lowest BCUT2D eigenvalue weighted by atomic mass is 10.0. The van der Waals surface area contributed by atoms with Gasteiger partial charge in [-0.15, -0.1) is 0 Å². The van der Waals surface area contributed by atoms with Crippen molar-refractivity contribution in [1.29, 1.82) is 0 Å². The summed E-state index contributed by atoms with van der Waals surface area (Å²) in [5, 5.41) is 20.6. The van der Waals surface area contributed by atoms with E-state index in [1.54, 1.807) is 30.3 Å². The second-order valence-electron chi connectivity index (χ2n) is 5.37. The minimum Gasteiger partial charge on any atom is -0.399 e. The number of hydroxylamine groups is 1. The maximum atomic E-state index is 12.2. The fourth-order valence-electron chi connectivity index (χ4n) is 2.23. The molecule has 2 atom stereocenters. The van der Waals surface area contributed by atoms with Gasteiger partial charge in [-0.1, -0.05) is 24.3 Å². The average molecular weight is 329 g/mol. The quantitative estimate of drug-likeness (QED) is 0.317. The van der Waals surface area contributed by atoms with Crippen LogP contribution in [0.5, 0.6) is 0 Å². The van der Waals surface area contributed by atoms with Crippen LogP contribution >= 0.6 is 0 Å². The number of carbonyl (C=O) groups excluding carboxylic acids is 2. The van der Waals surface area contributed by atoms with Crippen LogP contribution in [-0.2, 0) is 4.79 Å². The molecule has 7 nitrogen and oxygen atoms in total. The highest BCUT2D eigenvalue weighted by Crippen LogP contribution is 2.21. The Kier molecular flexibility index (Phi) is 5.51. The van der Waals surface area contributed by atoms with Gasteiger partial charge in [-0.3, -0.25) is 14.8 Å². The van der Waals surface area contributed by atoms with Crippen molar-refractivity contribution in [2.75, 3.05) is 5.73 Å². The van der Waals surface area contributed by atoms with Crippen LogP contribution in [0, 0.1) is 0 Å². The van der Waals surface area contributed by atoms with Crippen LogP contribution in [0.1, 0.15) is 17.3 Å². The standard InChI is InChI=1S/C17H19N3O4/c1-10(21)15(17(23)20-24)19-16(22)12-7-5-11(6-8-12)13-3-2-4-14(18)9-13/h2-10,15,21,24H,18H2,1H3,(H,19,22)(H,20,23)/t10-,15+/m1/s1. The summed E-state index contributed by atoms with van der Waals surface area (Å²) in [6.45, 7) is 1.34. The van der Waals surface area contributed by atoms with E-state index in [-0.39, 0.29) is 0 Å². The highest BCUT2D eigenvalue weighted by Gasteiger charge is 2.25. The molecule has 7 heteroatoms. The molecule has 24 heavy (non-hydrogen) atoms. The molecule has 0 heterocycles. The van der Waals surface area contributed by atoms with Gasteiger partial charge in [0.2, 0.25) is 0 Å². The van der Waals surface area contributed by atoms with Gasteiger partial charge in [-0.25, -0.2) is 5.48 Å². The third-order valence-corrected chi connectivity index (χ3v) is 3.53. The largest absolute Gasteiger partial charge is 0.399 e. The monoisotopic (exact) mass is 329 g/mol. The van der Waals surface area contributed by atoms with Gasteiger partial charge in [0.1, 0.15) is 6.04 Å².